The molecule has 0 fully saturated rings. The quantitative estimate of drug-likeness (QED) is 0.389. The molecule has 3 heterocycles. The van der Waals surface area contributed by atoms with Gasteiger partial charge in [0.2, 0.25) is 0 Å². The van der Waals surface area contributed by atoms with Crippen LogP contribution in [0.1, 0.15) is 15.9 Å². The molecule has 0 saturated carbocycles. The number of ether oxygens (including phenoxy) is 1. The Kier molecular flexibility index (Phi) is 4.56. The molecule has 4 aromatic rings. The summed E-state index contributed by atoms with van der Waals surface area (Å²) in [7, 11) is 0. The van der Waals surface area contributed by atoms with Gasteiger partial charge in [-0.15, -0.1) is 0 Å². The minimum Gasteiger partial charge on any atom is -0.619 e. The van der Waals surface area contributed by atoms with E-state index in [1.807, 2.05) is 36.5 Å². The van der Waals surface area contributed by atoms with Crippen molar-refractivity contribution in [3.8, 4) is 16.9 Å². The van der Waals surface area contributed by atoms with E-state index in [0.717, 1.165) is 33.3 Å². The number of rotatable bonds is 4. The zero-order valence-corrected chi connectivity index (χ0v) is 16.6. The molecule has 2 N–H and O–H groups in total. The minimum atomic E-state index is -0.244. The normalized spacial score (nSPS) is 15.0. The summed E-state index contributed by atoms with van der Waals surface area (Å²) in [5.41, 5.74) is 4.50. The predicted octanol–water partition coefficient (Wildman–Crippen LogP) is 3.86. The lowest BCUT2D eigenvalue weighted by molar-refractivity contribution is -0.605. The molecular formula is C23H18ClN3O3. The lowest BCUT2D eigenvalue weighted by Crippen LogP contribution is -2.35. The van der Waals surface area contributed by atoms with Crippen LogP contribution in [0.25, 0.3) is 22.0 Å². The second-order valence-corrected chi connectivity index (χ2v) is 7.76. The van der Waals surface area contributed by atoms with Crippen LogP contribution in [0.5, 0.6) is 5.75 Å². The van der Waals surface area contributed by atoms with Crippen LogP contribution in [0.3, 0.4) is 0 Å². The van der Waals surface area contributed by atoms with Crippen molar-refractivity contribution in [2.75, 3.05) is 6.54 Å². The highest BCUT2D eigenvalue weighted by molar-refractivity contribution is 6.31. The molecule has 0 saturated heterocycles. The number of benzene rings is 2. The Hall–Kier alpha value is -3.51. The molecule has 1 unspecified atom stereocenters. The standard InChI is InChI=1S/C23H18ClN3O3/c24-18-10-17-11-19(13-26-23(28)14-4-7-27(29)8-5-14)30-22(17)20(12-18)15-1-2-21-16(9-15)3-6-25-21/h1-10,12,19,25H,11,13H2,(H,26,28). The average molecular weight is 420 g/mol. The van der Waals surface area contributed by atoms with Gasteiger partial charge in [-0.2, -0.15) is 4.73 Å². The highest BCUT2D eigenvalue weighted by atomic mass is 35.5. The van der Waals surface area contributed by atoms with Crippen LogP contribution in [0, 0.1) is 5.21 Å². The fraction of sp³-hybridized carbons (Fsp3) is 0.130. The molecule has 6 nitrogen and oxygen atoms in total. The fourth-order valence-corrected chi connectivity index (χ4v) is 4.06. The van der Waals surface area contributed by atoms with E-state index >= 15 is 0 Å². The first-order chi connectivity index (χ1) is 14.6. The maximum Gasteiger partial charge on any atom is 0.251 e. The van der Waals surface area contributed by atoms with Crippen molar-refractivity contribution in [3.05, 3.63) is 88.5 Å². The smallest absolute Gasteiger partial charge is 0.251 e. The summed E-state index contributed by atoms with van der Waals surface area (Å²) >= 11 is 6.38. The molecule has 2 aromatic heterocycles. The first kappa shape index (κ1) is 18.5. The number of fused-ring (bicyclic) bond motifs is 2. The number of pyridine rings is 1. The second-order valence-electron chi connectivity index (χ2n) is 7.32. The van der Waals surface area contributed by atoms with Gasteiger partial charge in [-0.05, 0) is 41.3 Å². The molecule has 1 amide bonds. The molecule has 5 rings (SSSR count). The third-order valence-electron chi connectivity index (χ3n) is 5.28. The van der Waals surface area contributed by atoms with E-state index in [0.29, 0.717) is 28.3 Å². The van der Waals surface area contributed by atoms with Crippen LogP contribution in [-0.2, 0) is 6.42 Å². The molecule has 0 bridgehead atoms. The number of nitrogens with zero attached hydrogens (tertiary/aromatic N) is 1. The third-order valence-corrected chi connectivity index (χ3v) is 5.50. The van der Waals surface area contributed by atoms with Gasteiger partial charge >= 0.3 is 0 Å². The molecule has 1 aliphatic heterocycles. The molecule has 1 aliphatic rings. The molecule has 0 aliphatic carbocycles. The van der Waals surface area contributed by atoms with Gasteiger partial charge in [-0.3, -0.25) is 4.79 Å². The largest absolute Gasteiger partial charge is 0.619 e. The number of hydrogen-bond acceptors (Lipinski definition) is 3. The monoisotopic (exact) mass is 419 g/mol. The van der Waals surface area contributed by atoms with Gasteiger partial charge in [0.1, 0.15) is 11.9 Å². The highest BCUT2D eigenvalue weighted by Crippen LogP contribution is 2.41. The number of H-pyrrole nitrogens is 1. The molecule has 7 heteroatoms. The van der Waals surface area contributed by atoms with Crippen molar-refractivity contribution in [2.24, 2.45) is 0 Å². The Morgan fingerprint density at radius 2 is 2.03 bits per heavy atom. The Balaban J connectivity index is 1.35. The summed E-state index contributed by atoms with van der Waals surface area (Å²) in [6.07, 6.45) is 4.98. The third kappa shape index (κ3) is 3.46. The number of halogens is 1. The van der Waals surface area contributed by atoms with Crippen LogP contribution >= 0.6 is 11.6 Å². The highest BCUT2D eigenvalue weighted by Gasteiger charge is 2.27. The summed E-state index contributed by atoms with van der Waals surface area (Å²) in [5.74, 6) is 0.562. The molecule has 150 valence electrons. The Morgan fingerprint density at radius 1 is 1.20 bits per heavy atom. The number of aromatic nitrogens is 2. The minimum absolute atomic E-state index is 0.190. The lowest BCUT2D eigenvalue weighted by Gasteiger charge is -2.14. The lowest BCUT2D eigenvalue weighted by atomic mass is 9.99. The van der Waals surface area contributed by atoms with Crippen molar-refractivity contribution in [3.63, 3.8) is 0 Å². The average Bonchev–Trinajstić information content (AvgIpc) is 3.37. The maximum atomic E-state index is 12.3. The number of carbonyl (C=O) groups excluding carboxylic acids is 1. The first-order valence-electron chi connectivity index (χ1n) is 9.60. The van der Waals surface area contributed by atoms with E-state index in [4.69, 9.17) is 16.3 Å². The van der Waals surface area contributed by atoms with Crippen LogP contribution < -0.4 is 14.8 Å². The molecule has 2 aromatic carbocycles. The summed E-state index contributed by atoms with van der Waals surface area (Å²) in [5, 5.41) is 15.8. The van der Waals surface area contributed by atoms with Crippen molar-refractivity contribution in [1.29, 1.82) is 0 Å². The van der Waals surface area contributed by atoms with Gasteiger partial charge in [0.05, 0.1) is 12.1 Å². The summed E-state index contributed by atoms with van der Waals surface area (Å²) in [6, 6.07) is 15.0. The van der Waals surface area contributed by atoms with E-state index in [1.54, 1.807) is 0 Å². The predicted molar refractivity (Wildman–Crippen MR) is 115 cm³/mol. The van der Waals surface area contributed by atoms with Crippen LogP contribution in [0.4, 0.5) is 0 Å². The summed E-state index contributed by atoms with van der Waals surface area (Å²) in [4.78, 5) is 15.5. The van der Waals surface area contributed by atoms with Crippen molar-refractivity contribution in [2.45, 2.75) is 12.5 Å². The van der Waals surface area contributed by atoms with E-state index in [2.05, 4.69) is 16.4 Å². The first-order valence-corrected chi connectivity index (χ1v) is 9.98. The van der Waals surface area contributed by atoms with Gasteiger partial charge in [0.25, 0.3) is 5.91 Å². The summed E-state index contributed by atoms with van der Waals surface area (Å²) in [6.45, 7) is 0.355. The van der Waals surface area contributed by atoms with Crippen LogP contribution in [0.2, 0.25) is 5.02 Å². The second kappa shape index (κ2) is 7.39. The number of hydrogen-bond donors (Lipinski definition) is 2. The van der Waals surface area contributed by atoms with Crippen molar-refractivity contribution >= 4 is 28.4 Å². The van der Waals surface area contributed by atoms with Gasteiger partial charge in [0, 0.05) is 46.4 Å². The van der Waals surface area contributed by atoms with Gasteiger partial charge in [-0.1, -0.05) is 17.7 Å². The topological polar surface area (TPSA) is 81.1 Å². The van der Waals surface area contributed by atoms with E-state index in [-0.39, 0.29) is 12.0 Å². The van der Waals surface area contributed by atoms with E-state index in [1.165, 1.54) is 24.5 Å². The van der Waals surface area contributed by atoms with Crippen LogP contribution in [0.15, 0.2) is 67.1 Å². The Bertz CT molecular complexity index is 1250. The molecule has 1 atom stereocenters. The number of aromatic amines is 1. The number of nitrogens with one attached hydrogen (secondary N) is 2. The molecule has 0 radical (unpaired) electrons. The van der Waals surface area contributed by atoms with Gasteiger partial charge in [-0.25, -0.2) is 0 Å². The zero-order chi connectivity index (χ0) is 20.7. The zero-order valence-electron chi connectivity index (χ0n) is 15.9. The molecular weight excluding hydrogens is 402 g/mol. The number of carbonyl (C=O) groups is 1. The molecule has 30 heavy (non-hydrogen) atoms. The van der Waals surface area contributed by atoms with Crippen molar-refractivity contribution in [1.82, 2.24) is 10.3 Å². The SMILES string of the molecule is O=C(NCC1Cc2cc(Cl)cc(-c3ccc4[nH]ccc4c3)c2O1)c1cc[n+]([O-])cc1. The van der Waals surface area contributed by atoms with E-state index in [9.17, 15) is 10.0 Å². The Morgan fingerprint density at radius 3 is 2.87 bits per heavy atom. The van der Waals surface area contributed by atoms with Crippen LogP contribution in [-0.4, -0.2) is 23.5 Å². The van der Waals surface area contributed by atoms with Gasteiger partial charge in [0.15, 0.2) is 12.4 Å². The van der Waals surface area contributed by atoms with E-state index < -0.39 is 0 Å². The van der Waals surface area contributed by atoms with Crippen molar-refractivity contribution < 1.29 is 14.3 Å². The van der Waals surface area contributed by atoms with Gasteiger partial charge < -0.3 is 20.2 Å². The fourth-order valence-electron chi connectivity index (χ4n) is 3.82. The summed E-state index contributed by atoms with van der Waals surface area (Å²) < 4.78 is 6.85. The number of amides is 1. The maximum absolute atomic E-state index is 12.3. The Labute approximate surface area is 177 Å². The molecule has 0 spiro atoms.